The Morgan fingerprint density at radius 3 is 2.55 bits per heavy atom. The maximum atomic E-state index is 13.0. The molecule has 8 nitrogen and oxygen atoms in total. The van der Waals surface area contributed by atoms with Gasteiger partial charge in [-0.3, -0.25) is 9.89 Å². The lowest BCUT2D eigenvalue weighted by Gasteiger charge is -2.19. The average Bonchev–Trinajstić information content (AvgIpc) is 3.21. The number of nitrogens with zero attached hydrogens (tertiary/aromatic N) is 3. The van der Waals surface area contributed by atoms with E-state index in [1.165, 1.54) is 36.0 Å². The predicted molar refractivity (Wildman–Crippen MR) is 117 cm³/mol. The van der Waals surface area contributed by atoms with E-state index in [2.05, 4.69) is 20.5 Å². The van der Waals surface area contributed by atoms with Gasteiger partial charge in [-0.25, -0.2) is 17.8 Å². The summed E-state index contributed by atoms with van der Waals surface area (Å²) in [5.74, 6) is 0.353. The highest BCUT2D eigenvalue weighted by molar-refractivity contribution is 7.99. The minimum absolute atomic E-state index is 0.0132. The maximum absolute atomic E-state index is 13.0. The van der Waals surface area contributed by atoms with Gasteiger partial charge in [0.05, 0.1) is 12.8 Å². The van der Waals surface area contributed by atoms with Crippen molar-refractivity contribution in [2.75, 3.05) is 25.1 Å². The molecule has 31 heavy (non-hydrogen) atoms. The minimum Gasteiger partial charge on any atom is -0.354 e. The van der Waals surface area contributed by atoms with Crippen LogP contribution in [0.5, 0.6) is 0 Å². The molecule has 0 unspecified atom stereocenters. The third kappa shape index (κ3) is 7.16. The number of halogens is 1. The number of H-pyrrole nitrogens is 1. The van der Waals surface area contributed by atoms with Crippen LogP contribution in [0.15, 0.2) is 59.8 Å². The van der Waals surface area contributed by atoms with Crippen molar-refractivity contribution in [3.63, 3.8) is 0 Å². The second-order valence-corrected chi connectivity index (χ2v) is 9.73. The second kappa shape index (κ2) is 10.5. The summed E-state index contributed by atoms with van der Waals surface area (Å²) in [6, 6.07) is 15.1. The van der Waals surface area contributed by atoms with E-state index in [9.17, 15) is 17.6 Å². The van der Waals surface area contributed by atoms with Gasteiger partial charge in [-0.15, -0.1) is 5.10 Å². The normalized spacial score (nSPS) is 11.6. The monoisotopic (exact) mass is 463 g/mol. The van der Waals surface area contributed by atoms with Crippen LogP contribution in [0.25, 0.3) is 11.4 Å². The van der Waals surface area contributed by atoms with Gasteiger partial charge in [-0.1, -0.05) is 54.2 Å². The molecule has 2 aromatic carbocycles. The van der Waals surface area contributed by atoms with Gasteiger partial charge in [0.25, 0.3) is 0 Å². The summed E-state index contributed by atoms with van der Waals surface area (Å²) >= 11 is 1.37. The van der Waals surface area contributed by atoms with Gasteiger partial charge in [0.15, 0.2) is 5.82 Å². The van der Waals surface area contributed by atoms with Gasteiger partial charge < -0.3 is 5.32 Å². The van der Waals surface area contributed by atoms with E-state index >= 15 is 0 Å². The van der Waals surface area contributed by atoms with Gasteiger partial charge >= 0.3 is 0 Å². The number of aromatic nitrogens is 3. The zero-order chi connectivity index (χ0) is 22.3. The fraction of sp³-hybridized carbons (Fsp3) is 0.250. The van der Waals surface area contributed by atoms with Gasteiger partial charge in [0.1, 0.15) is 5.82 Å². The first-order chi connectivity index (χ1) is 14.8. The van der Waals surface area contributed by atoms with Crippen molar-refractivity contribution < 1.29 is 17.6 Å². The van der Waals surface area contributed by atoms with Crippen LogP contribution in [0, 0.1) is 5.82 Å². The van der Waals surface area contributed by atoms with Crippen LogP contribution in [-0.4, -0.2) is 58.9 Å². The molecule has 0 fully saturated rings. The van der Waals surface area contributed by atoms with E-state index in [4.69, 9.17) is 0 Å². The van der Waals surface area contributed by atoms with Crippen LogP contribution >= 0.6 is 11.8 Å². The fourth-order valence-corrected chi connectivity index (χ4v) is 4.06. The topological polar surface area (TPSA) is 108 Å². The molecule has 0 saturated heterocycles. The van der Waals surface area contributed by atoms with Crippen molar-refractivity contribution in [2.24, 2.45) is 0 Å². The van der Waals surface area contributed by atoms with E-state index in [1.54, 1.807) is 0 Å². The van der Waals surface area contributed by atoms with Crippen molar-refractivity contribution in [1.29, 1.82) is 0 Å². The lowest BCUT2D eigenvalue weighted by atomic mass is 10.2. The van der Waals surface area contributed by atoms with Crippen molar-refractivity contribution in [1.82, 2.24) is 24.8 Å². The number of carbonyl (C=O) groups is 1. The zero-order valence-corrected chi connectivity index (χ0v) is 18.4. The van der Waals surface area contributed by atoms with E-state index < -0.39 is 21.7 Å². The van der Waals surface area contributed by atoms with E-state index in [0.29, 0.717) is 28.8 Å². The van der Waals surface area contributed by atoms with Gasteiger partial charge in [0.2, 0.25) is 21.1 Å². The van der Waals surface area contributed by atoms with Gasteiger partial charge in [0, 0.05) is 24.4 Å². The molecule has 0 atom stereocenters. The highest BCUT2D eigenvalue weighted by atomic mass is 32.2. The summed E-state index contributed by atoms with van der Waals surface area (Å²) in [7, 11) is -3.62. The SMILES string of the molecule is CS(=O)(=O)N(CC(=O)NCCSc1n[nH]c(-c2ccccc2)n1)Cc1ccc(F)cc1. The van der Waals surface area contributed by atoms with Crippen molar-refractivity contribution in [2.45, 2.75) is 11.7 Å². The molecular formula is C20H22FN5O3S2. The number of carbonyl (C=O) groups excluding carboxylic acids is 1. The van der Waals surface area contributed by atoms with Crippen molar-refractivity contribution in [3.8, 4) is 11.4 Å². The number of benzene rings is 2. The largest absolute Gasteiger partial charge is 0.354 e. The zero-order valence-electron chi connectivity index (χ0n) is 16.8. The first kappa shape index (κ1) is 22.9. The molecule has 0 radical (unpaired) electrons. The second-order valence-electron chi connectivity index (χ2n) is 6.69. The Morgan fingerprint density at radius 2 is 1.87 bits per heavy atom. The number of rotatable bonds is 10. The van der Waals surface area contributed by atoms with Crippen LogP contribution in [0.4, 0.5) is 4.39 Å². The fourth-order valence-electron chi connectivity index (χ4n) is 2.67. The number of hydrogen-bond acceptors (Lipinski definition) is 6. The average molecular weight is 464 g/mol. The first-order valence-electron chi connectivity index (χ1n) is 9.38. The third-order valence-electron chi connectivity index (χ3n) is 4.23. The molecular weight excluding hydrogens is 441 g/mol. The molecule has 0 aliphatic heterocycles. The van der Waals surface area contributed by atoms with Crippen LogP contribution in [-0.2, 0) is 21.4 Å². The number of hydrogen-bond donors (Lipinski definition) is 2. The Hall–Kier alpha value is -2.76. The van der Waals surface area contributed by atoms with E-state index in [0.717, 1.165) is 16.1 Å². The molecule has 3 rings (SSSR count). The highest BCUT2D eigenvalue weighted by Crippen LogP contribution is 2.18. The van der Waals surface area contributed by atoms with Crippen LogP contribution in [0.1, 0.15) is 5.56 Å². The van der Waals surface area contributed by atoms with Crippen molar-refractivity contribution in [3.05, 3.63) is 66.0 Å². The molecule has 3 aromatic rings. The number of amides is 1. The molecule has 0 saturated carbocycles. The molecule has 0 bridgehead atoms. The molecule has 1 amide bonds. The summed E-state index contributed by atoms with van der Waals surface area (Å²) in [6.45, 7) is -0.00666. The Labute approximate surface area is 184 Å². The Kier molecular flexibility index (Phi) is 7.77. The number of thioether (sulfide) groups is 1. The number of sulfonamides is 1. The molecule has 0 spiro atoms. The smallest absolute Gasteiger partial charge is 0.235 e. The summed E-state index contributed by atoms with van der Waals surface area (Å²) in [6.07, 6.45) is 1.03. The lowest BCUT2D eigenvalue weighted by Crippen LogP contribution is -2.40. The molecule has 11 heteroatoms. The standard InChI is InChI=1S/C20H22FN5O3S2/c1-31(28,29)26(13-15-7-9-17(21)10-8-15)14-18(27)22-11-12-30-20-23-19(24-25-20)16-5-3-2-4-6-16/h2-10H,11-14H2,1H3,(H,22,27)(H,23,24,25). The molecule has 0 aliphatic rings. The number of aromatic amines is 1. The van der Waals surface area contributed by atoms with Gasteiger partial charge in [-0.2, -0.15) is 4.31 Å². The molecule has 1 aromatic heterocycles. The van der Waals surface area contributed by atoms with Crippen LogP contribution in [0.2, 0.25) is 0 Å². The summed E-state index contributed by atoms with van der Waals surface area (Å²) in [4.78, 5) is 16.6. The Balaban J connectivity index is 1.46. The summed E-state index contributed by atoms with van der Waals surface area (Å²) < 4.78 is 38.1. The van der Waals surface area contributed by atoms with Crippen LogP contribution in [0.3, 0.4) is 0 Å². The quantitative estimate of drug-likeness (QED) is 0.353. The molecule has 164 valence electrons. The first-order valence-corrected chi connectivity index (χ1v) is 12.2. The maximum Gasteiger partial charge on any atom is 0.235 e. The highest BCUT2D eigenvalue weighted by Gasteiger charge is 2.20. The summed E-state index contributed by atoms with van der Waals surface area (Å²) in [5, 5.41) is 10.3. The summed E-state index contributed by atoms with van der Waals surface area (Å²) in [5.41, 5.74) is 1.52. The predicted octanol–water partition coefficient (Wildman–Crippen LogP) is 2.28. The van der Waals surface area contributed by atoms with Crippen LogP contribution < -0.4 is 5.32 Å². The molecule has 0 aliphatic carbocycles. The Morgan fingerprint density at radius 1 is 1.16 bits per heavy atom. The lowest BCUT2D eigenvalue weighted by molar-refractivity contribution is -0.121. The Bertz CT molecular complexity index is 1110. The van der Waals surface area contributed by atoms with E-state index in [1.807, 2.05) is 30.3 Å². The minimum atomic E-state index is -3.62. The molecule has 1 heterocycles. The molecule has 2 N–H and O–H groups in total. The third-order valence-corrected chi connectivity index (χ3v) is 6.27. The van der Waals surface area contributed by atoms with E-state index in [-0.39, 0.29) is 13.1 Å². The van der Waals surface area contributed by atoms with Gasteiger partial charge in [-0.05, 0) is 17.7 Å². The number of nitrogens with one attached hydrogen (secondary N) is 2. The van der Waals surface area contributed by atoms with Crippen molar-refractivity contribution >= 4 is 27.7 Å².